The van der Waals surface area contributed by atoms with Crippen LogP contribution in [0.5, 0.6) is 0 Å². The van der Waals surface area contributed by atoms with Crippen molar-refractivity contribution in [2.24, 2.45) is 7.05 Å². The lowest BCUT2D eigenvalue weighted by molar-refractivity contribution is 0.580. The average Bonchev–Trinajstić information content (AvgIpc) is 3.09. The van der Waals surface area contributed by atoms with Gasteiger partial charge in [0.05, 0.1) is 11.8 Å². The van der Waals surface area contributed by atoms with Crippen LogP contribution in [0.4, 0.5) is 5.95 Å². The highest BCUT2D eigenvalue weighted by atomic mass is 16.3. The molecule has 0 fully saturated rings. The van der Waals surface area contributed by atoms with E-state index in [0.29, 0.717) is 11.7 Å². The van der Waals surface area contributed by atoms with E-state index in [1.807, 2.05) is 43.8 Å². The van der Waals surface area contributed by atoms with Gasteiger partial charge >= 0.3 is 0 Å². The summed E-state index contributed by atoms with van der Waals surface area (Å²) < 4.78 is 7.43. The molecule has 3 heterocycles. The summed E-state index contributed by atoms with van der Waals surface area (Å²) in [6.07, 6.45) is 7.05. The first-order valence-electron chi connectivity index (χ1n) is 6.80. The molecule has 21 heavy (non-hydrogen) atoms. The number of hydrogen-bond donors (Lipinski definition) is 1. The number of nitrogens with one attached hydrogen (secondary N) is 1. The molecule has 3 rings (SSSR count). The molecule has 3 aromatic rings. The van der Waals surface area contributed by atoms with Gasteiger partial charge in [0.15, 0.2) is 5.76 Å². The van der Waals surface area contributed by atoms with Crippen molar-refractivity contribution >= 4 is 5.95 Å². The lowest BCUT2D eigenvalue weighted by Crippen LogP contribution is -2.13. The third-order valence-corrected chi connectivity index (χ3v) is 3.02. The summed E-state index contributed by atoms with van der Waals surface area (Å²) >= 11 is 0. The largest absolute Gasteiger partial charge is 0.463 e. The minimum Gasteiger partial charge on any atom is -0.463 e. The first-order chi connectivity index (χ1) is 10.1. The van der Waals surface area contributed by atoms with Crippen LogP contribution in [0.3, 0.4) is 0 Å². The van der Waals surface area contributed by atoms with Gasteiger partial charge in [-0.05, 0) is 26.0 Å². The fourth-order valence-electron chi connectivity index (χ4n) is 2.10. The van der Waals surface area contributed by atoms with Crippen LogP contribution in [0, 0.1) is 0 Å². The molecule has 0 unspecified atom stereocenters. The molecule has 6 heteroatoms. The molecular formula is C15H17N5O. The molecule has 0 aliphatic rings. The normalized spacial score (nSPS) is 11.0. The van der Waals surface area contributed by atoms with Crippen LogP contribution in [-0.4, -0.2) is 25.6 Å². The van der Waals surface area contributed by atoms with Crippen molar-refractivity contribution in [3.8, 4) is 22.8 Å². The van der Waals surface area contributed by atoms with E-state index in [0.717, 1.165) is 17.1 Å². The van der Waals surface area contributed by atoms with Gasteiger partial charge in [0.2, 0.25) is 5.95 Å². The lowest BCUT2D eigenvalue weighted by Gasteiger charge is -2.11. The first kappa shape index (κ1) is 13.4. The van der Waals surface area contributed by atoms with Gasteiger partial charge in [-0.15, -0.1) is 0 Å². The van der Waals surface area contributed by atoms with Gasteiger partial charge in [-0.2, -0.15) is 0 Å². The number of nitrogens with zero attached hydrogens (tertiary/aromatic N) is 4. The second-order valence-corrected chi connectivity index (χ2v) is 5.09. The summed E-state index contributed by atoms with van der Waals surface area (Å²) in [5.74, 6) is 2.08. The highest BCUT2D eigenvalue weighted by Crippen LogP contribution is 2.29. The number of rotatable bonds is 4. The maximum Gasteiger partial charge on any atom is 0.223 e. The van der Waals surface area contributed by atoms with E-state index in [2.05, 4.69) is 20.3 Å². The Balaban J connectivity index is 2.14. The molecule has 0 saturated carbocycles. The maximum absolute atomic E-state index is 5.50. The Morgan fingerprint density at radius 3 is 2.76 bits per heavy atom. The Kier molecular flexibility index (Phi) is 3.43. The summed E-state index contributed by atoms with van der Waals surface area (Å²) in [7, 11) is 1.94. The number of furan rings is 1. The monoisotopic (exact) mass is 283 g/mol. The highest BCUT2D eigenvalue weighted by Gasteiger charge is 2.16. The molecule has 0 bridgehead atoms. The molecule has 0 radical (unpaired) electrons. The molecule has 0 saturated heterocycles. The Bertz CT molecular complexity index is 730. The van der Waals surface area contributed by atoms with E-state index >= 15 is 0 Å². The smallest absolute Gasteiger partial charge is 0.223 e. The predicted molar refractivity (Wildman–Crippen MR) is 80.7 cm³/mol. The zero-order chi connectivity index (χ0) is 14.8. The molecular weight excluding hydrogens is 266 g/mol. The fourth-order valence-corrected chi connectivity index (χ4v) is 2.10. The van der Waals surface area contributed by atoms with Crippen LogP contribution in [0.2, 0.25) is 0 Å². The Labute approximate surface area is 122 Å². The van der Waals surface area contributed by atoms with Crippen molar-refractivity contribution < 1.29 is 4.42 Å². The van der Waals surface area contributed by atoms with Gasteiger partial charge in [-0.25, -0.2) is 15.0 Å². The molecule has 3 aromatic heterocycles. The molecule has 1 N–H and O–H groups in total. The topological polar surface area (TPSA) is 68.8 Å². The van der Waals surface area contributed by atoms with Crippen molar-refractivity contribution in [3.05, 3.63) is 37.0 Å². The van der Waals surface area contributed by atoms with Gasteiger partial charge in [-0.3, -0.25) is 0 Å². The molecule has 0 aromatic carbocycles. The number of aromatic nitrogens is 4. The van der Waals surface area contributed by atoms with E-state index < -0.39 is 0 Å². The SMILES string of the molecule is CC(C)Nc1ncc(-c2nccn2C)c(-c2ccco2)n1. The van der Waals surface area contributed by atoms with Gasteiger partial charge < -0.3 is 14.3 Å². The highest BCUT2D eigenvalue weighted by molar-refractivity contribution is 5.75. The Morgan fingerprint density at radius 2 is 2.14 bits per heavy atom. The molecule has 0 aliphatic carbocycles. The van der Waals surface area contributed by atoms with Crippen LogP contribution in [-0.2, 0) is 7.05 Å². The third-order valence-electron chi connectivity index (χ3n) is 3.02. The minimum absolute atomic E-state index is 0.258. The van der Waals surface area contributed by atoms with Crippen LogP contribution in [0.25, 0.3) is 22.8 Å². The van der Waals surface area contributed by atoms with Gasteiger partial charge in [-0.1, -0.05) is 0 Å². The number of aryl methyl sites for hydroxylation is 1. The second-order valence-electron chi connectivity index (χ2n) is 5.09. The van der Waals surface area contributed by atoms with E-state index in [4.69, 9.17) is 4.42 Å². The summed E-state index contributed by atoms with van der Waals surface area (Å²) in [6, 6.07) is 3.98. The summed E-state index contributed by atoms with van der Waals surface area (Å²) in [4.78, 5) is 13.3. The molecule has 0 aliphatic heterocycles. The van der Waals surface area contributed by atoms with E-state index in [-0.39, 0.29) is 6.04 Å². The van der Waals surface area contributed by atoms with Gasteiger partial charge in [0.25, 0.3) is 0 Å². The Morgan fingerprint density at radius 1 is 1.29 bits per heavy atom. The van der Waals surface area contributed by atoms with Crippen molar-refractivity contribution in [1.82, 2.24) is 19.5 Å². The van der Waals surface area contributed by atoms with E-state index in [1.54, 1.807) is 18.7 Å². The predicted octanol–water partition coefficient (Wildman–Crippen LogP) is 2.96. The molecule has 108 valence electrons. The molecule has 0 atom stereocenters. The van der Waals surface area contributed by atoms with Crippen LogP contribution >= 0.6 is 0 Å². The van der Waals surface area contributed by atoms with Crippen molar-refractivity contribution in [2.45, 2.75) is 19.9 Å². The van der Waals surface area contributed by atoms with Crippen molar-refractivity contribution in [3.63, 3.8) is 0 Å². The van der Waals surface area contributed by atoms with Crippen LogP contribution in [0.15, 0.2) is 41.4 Å². The molecule has 0 amide bonds. The average molecular weight is 283 g/mol. The second kappa shape index (κ2) is 5.40. The maximum atomic E-state index is 5.50. The first-order valence-corrected chi connectivity index (χ1v) is 6.80. The van der Waals surface area contributed by atoms with E-state index in [1.165, 1.54) is 0 Å². The quantitative estimate of drug-likeness (QED) is 0.797. The zero-order valence-corrected chi connectivity index (χ0v) is 12.2. The van der Waals surface area contributed by atoms with E-state index in [9.17, 15) is 0 Å². The molecule has 6 nitrogen and oxygen atoms in total. The van der Waals surface area contributed by atoms with Crippen LogP contribution < -0.4 is 5.32 Å². The van der Waals surface area contributed by atoms with Crippen molar-refractivity contribution in [2.75, 3.05) is 5.32 Å². The van der Waals surface area contributed by atoms with Crippen molar-refractivity contribution in [1.29, 1.82) is 0 Å². The van der Waals surface area contributed by atoms with Gasteiger partial charge in [0.1, 0.15) is 11.5 Å². The minimum atomic E-state index is 0.258. The summed E-state index contributed by atoms with van der Waals surface area (Å²) in [5.41, 5.74) is 1.57. The fraction of sp³-hybridized carbons (Fsp3) is 0.267. The van der Waals surface area contributed by atoms with Crippen LogP contribution in [0.1, 0.15) is 13.8 Å². The summed E-state index contributed by atoms with van der Waals surface area (Å²) in [6.45, 7) is 4.09. The number of imidazole rings is 1. The Hall–Kier alpha value is -2.63. The van der Waals surface area contributed by atoms with Gasteiger partial charge in [0, 0.05) is 31.7 Å². The summed E-state index contributed by atoms with van der Waals surface area (Å²) in [5, 5.41) is 3.20. The zero-order valence-electron chi connectivity index (χ0n) is 12.2. The third kappa shape index (κ3) is 2.65. The molecule has 0 spiro atoms. The number of hydrogen-bond acceptors (Lipinski definition) is 5. The number of anilines is 1. The standard InChI is InChI=1S/C15H17N5O/c1-10(2)18-15-17-9-11(14-16-6-7-20(14)3)13(19-15)12-5-4-8-21-12/h4-10H,1-3H3,(H,17,18,19). The lowest BCUT2D eigenvalue weighted by atomic mass is 10.2.